The van der Waals surface area contributed by atoms with Gasteiger partial charge in [0, 0.05) is 19.5 Å². The molecule has 1 unspecified atom stereocenters. The number of carbonyl (C=O) groups excluding carboxylic acids is 2. The molecule has 0 radical (unpaired) electrons. The van der Waals surface area contributed by atoms with E-state index in [1.807, 2.05) is 20.8 Å². The Bertz CT molecular complexity index is 352. The Labute approximate surface area is 129 Å². The summed E-state index contributed by atoms with van der Waals surface area (Å²) in [6.45, 7) is 10.5. The number of esters is 1. The molecular weight excluding hydrogens is 266 g/mol. The third kappa shape index (κ3) is 6.60. The van der Waals surface area contributed by atoms with Crippen molar-refractivity contribution in [2.24, 2.45) is 5.41 Å². The highest BCUT2D eigenvalue weighted by molar-refractivity contribution is 5.76. The van der Waals surface area contributed by atoms with E-state index >= 15 is 0 Å². The molecule has 1 atom stereocenters. The molecule has 4 heteroatoms. The number of ether oxygens (including phenoxy) is 1. The Morgan fingerprint density at radius 3 is 2.57 bits per heavy atom. The molecule has 21 heavy (non-hydrogen) atoms. The van der Waals surface area contributed by atoms with Crippen LogP contribution in [0.15, 0.2) is 0 Å². The van der Waals surface area contributed by atoms with Crippen molar-refractivity contribution >= 4 is 11.8 Å². The number of hydrogen-bond donors (Lipinski definition) is 0. The standard InChI is InChI=1S/C17H31NO3/c1-5-17(3,4)16(20)21-15-10-12-18(13-15)11-8-6-7-9-14(2)19/h15H,5-13H2,1-4H3. The smallest absolute Gasteiger partial charge is 0.311 e. The van der Waals surface area contributed by atoms with E-state index < -0.39 is 0 Å². The van der Waals surface area contributed by atoms with Gasteiger partial charge in [0.15, 0.2) is 0 Å². The number of nitrogens with zero attached hydrogens (tertiary/aromatic N) is 1. The van der Waals surface area contributed by atoms with Crippen molar-refractivity contribution in [3.8, 4) is 0 Å². The summed E-state index contributed by atoms with van der Waals surface area (Å²) in [7, 11) is 0. The van der Waals surface area contributed by atoms with Gasteiger partial charge in [0.1, 0.15) is 11.9 Å². The molecule has 1 aliphatic heterocycles. The molecular formula is C17H31NO3. The number of unbranched alkanes of at least 4 members (excludes halogenated alkanes) is 2. The monoisotopic (exact) mass is 297 g/mol. The topological polar surface area (TPSA) is 46.6 Å². The Balaban J connectivity index is 2.18. The van der Waals surface area contributed by atoms with Gasteiger partial charge < -0.3 is 9.53 Å². The summed E-state index contributed by atoms with van der Waals surface area (Å²) in [6.07, 6.45) is 5.72. The van der Waals surface area contributed by atoms with Gasteiger partial charge in [0.2, 0.25) is 0 Å². The van der Waals surface area contributed by atoms with Crippen LogP contribution in [0.4, 0.5) is 0 Å². The largest absolute Gasteiger partial charge is 0.461 e. The van der Waals surface area contributed by atoms with Crippen molar-refractivity contribution < 1.29 is 14.3 Å². The van der Waals surface area contributed by atoms with E-state index in [1.165, 1.54) is 0 Å². The third-order valence-electron chi connectivity index (χ3n) is 4.44. The normalized spacial score (nSPS) is 19.7. The molecule has 1 aliphatic rings. The molecule has 1 heterocycles. The fraction of sp³-hybridized carbons (Fsp3) is 0.882. The molecule has 0 amide bonds. The zero-order chi connectivity index (χ0) is 15.9. The maximum Gasteiger partial charge on any atom is 0.311 e. The van der Waals surface area contributed by atoms with Crippen molar-refractivity contribution in [1.82, 2.24) is 4.90 Å². The first-order valence-electron chi connectivity index (χ1n) is 8.28. The molecule has 1 rings (SSSR count). The van der Waals surface area contributed by atoms with Gasteiger partial charge in [-0.05, 0) is 53.0 Å². The van der Waals surface area contributed by atoms with E-state index in [2.05, 4.69) is 4.90 Å². The minimum atomic E-state index is -0.375. The second-order valence-electron chi connectivity index (χ2n) is 6.87. The first kappa shape index (κ1) is 18.1. The lowest BCUT2D eigenvalue weighted by molar-refractivity contribution is -0.159. The van der Waals surface area contributed by atoms with Crippen molar-refractivity contribution in [2.75, 3.05) is 19.6 Å². The zero-order valence-electron chi connectivity index (χ0n) is 14.1. The maximum atomic E-state index is 12.0. The van der Waals surface area contributed by atoms with E-state index in [9.17, 15) is 9.59 Å². The number of carbonyl (C=O) groups is 2. The average molecular weight is 297 g/mol. The highest BCUT2D eigenvalue weighted by Gasteiger charge is 2.32. The number of hydrogen-bond acceptors (Lipinski definition) is 4. The fourth-order valence-electron chi connectivity index (χ4n) is 2.44. The van der Waals surface area contributed by atoms with E-state index in [4.69, 9.17) is 4.74 Å². The minimum Gasteiger partial charge on any atom is -0.461 e. The molecule has 122 valence electrons. The molecule has 1 fully saturated rings. The molecule has 0 aromatic heterocycles. The van der Waals surface area contributed by atoms with Crippen LogP contribution in [-0.4, -0.2) is 42.4 Å². The number of rotatable bonds is 9. The molecule has 0 aliphatic carbocycles. The van der Waals surface area contributed by atoms with Gasteiger partial charge in [-0.1, -0.05) is 13.3 Å². The lowest BCUT2D eigenvalue weighted by atomic mass is 9.90. The molecule has 0 aromatic carbocycles. The molecule has 0 saturated carbocycles. The first-order chi connectivity index (χ1) is 9.85. The summed E-state index contributed by atoms with van der Waals surface area (Å²) in [5.74, 6) is 0.208. The fourth-order valence-corrected chi connectivity index (χ4v) is 2.44. The van der Waals surface area contributed by atoms with Crippen molar-refractivity contribution in [3.63, 3.8) is 0 Å². The SMILES string of the molecule is CCC(C)(C)C(=O)OC1CCN(CCCCCC(C)=O)C1. The Morgan fingerprint density at radius 2 is 1.95 bits per heavy atom. The third-order valence-corrected chi connectivity index (χ3v) is 4.44. The van der Waals surface area contributed by atoms with Crippen LogP contribution in [0.5, 0.6) is 0 Å². The van der Waals surface area contributed by atoms with Crippen molar-refractivity contribution in [3.05, 3.63) is 0 Å². The van der Waals surface area contributed by atoms with Crippen LogP contribution in [0.3, 0.4) is 0 Å². The summed E-state index contributed by atoms with van der Waals surface area (Å²) < 4.78 is 5.63. The molecule has 0 aromatic rings. The maximum absolute atomic E-state index is 12.0. The van der Waals surface area contributed by atoms with Crippen LogP contribution in [0.2, 0.25) is 0 Å². The summed E-state index contributed by atoms with van der Waals surface area (Å²) in [5.41, 5.74) is -0.375. The second kappa shape index (κ2) is 8.52. The number of Topliss-reactive ketones (excluding diaryl/α,β-unsaturated/α-hetero) is 1. The lowest BCUT2D eigenvalue weighted by Crippen LogP contribution is -2.32. The van der Waals surface area contributed by atoms with Gasteiger partial charge in [-0.15, -0.1) is 0 Å². The highest BCUT2D eigenvalue weighted by atomic mass is 16.5. The molecule has 0 N–H and O–H groups in total. The quantitative estimate of drug-likeness (QED) is 0.484. The predicted octanol–water partition coefficient (Wildman–Crippen LogP) is 3.19. The van der Waals surface area contributed by atoms with E-state index in [0.29, 0.717) is 6.42 Å². The van der Waals surface area contributed by atoms with Crippen LogP contribution >= 0.6 is 0 Å². The highest BCUT2D eigenvalue weighted by Crippen LogP contribution is 2.24. The van der Waals surface area contributed by atoms with Crippen LogP contribution in [-0.2, 0) is 14.3 Å². The summed E-state index contributed by atoms with van der Waals surface area (Å²) >= 11 is 0. The lowest BCUT2D eigenvalue weighted by Gasteiger charge is -2.23. The van der Waals surface area contributed by atoms with Crippen molar-refractivity contribution in [1.29, 1.82) is 0 Å². The van der Waals surface area contributed by atoms with Crippen LogP contribution < -0.4 is 0 Å². The summed E-state index contributed by atoms with van der Waals surface area (Å²) in [6, 6.07) is 0. The Kier molecular flexibility index (Phi) is 7.36. The van der Waals surface area contributed by atoms with Crippen LogP contribution in [0.25, 0.3) is 0 Å². The first-order valence-corrected chi connectivity index (χ1v) is 8.28. The van der Waals surface area contributed by atoms with Crippen LogP contribution in [0, 0.1) is 5.41 Å². The van der Waals surface area contributed by atoms with Gasteiger partial charge >= 0.3 is 5.97 Å². The van der Waals surface area contributed by atoms with Crippen LogP contribution in [0.1, 0.15) is 66.2 Å². The second-order valence-corrected chi connectivity index (χ2v) is 6.87. The van der Waals surface area contributed by atoms with Gasteiger partial charge in [-0.25, -0.2) is 0 Å². The Morgan fingerprint density at radius 1 is 1.24 bits per heavy atom. The molecule has 1 saturated heterocycles. The molecule has 0 spiro atoms. The molecule has 0 bridgehead atoms. The predicted molar refractivity (Wildman–Crippen MR) is 84.2 cm³/mol. The number of likely N-dealkylation sites (tertiary alicyclic amines) is 1. The van der Waals surface area contributed by atoms with E-state index in [1.54, 1.807) is 6.92 Å². The minimum absolute atomic E-state index is 0.0561. The molecule has 4 nitrogen and oxygen atoms in total. The summed E-state index contributed by atoms with van der Waals surface area (Å²) in [5, 5.41) is 0. The number of ketones is 1. The van der Waals surface area contributed by atoms with Crippen molar-refractivity contribution in [2.45, 2.75) is 72.3 Å². The van der Waals surface area contributed by atoms with Gasteiger partial charge in [0.25, 0.3) is 0 Å². The summed E-state index contributed by atoms with van der Waals surface area (Å²) in [4.78, 5) is 25.3. The van der Waals surface area contributed by atoms with E-state index in [0.717, 1.165) is 51.7 Å². The Hall–Kier alpha value is -0.900. The van der Waals surface area contributed by atoms with Gasteiger partial charge in [-0.3, -0.25) is 9.69 Å². The van der Waals surface area contributed by atoms with Gasteiger partial charge in [0.05, 0.1) is 5.41 Å². The van der Waals surface area contributed by atoms with Gasteiger partial charge in [-0.2, -0.15) is 0 Å². The van der Waals surface area contributed by atoms with E-state index in [-0.39, 0.29) is 23.3 Å². The average Bonchev–Trinajstić information content (AvgIpc) is 2.85. The zero-order valence-corrected chi connectivity index (χ0v) is 14.1.